The van der Waals surface area contributed by atoms with E-state index in [-0.39, 0.29) is 5.91 Å². The highest BCUT2D eigenvalue weighted by molar-refractivity contribution is 8.26. The van der Waals surface area contributed by atoms with Crippen LogP contribution in [0.5, 0.6) is 5.75 Å². The van der Waals surface area contributed by atoms with Crippen LogP contribution in [-0.4, -0.2) is 35.4 Å². The largest absolute Gasteiger partial charge is 0.489 e. The van der Waals surface area contributed by atoms with Crippen LogP contribution in [-0.2, 0) is 16.1 Å². The fourth-order valence-electron chi connectivity index (χ4n) is 2.43. The first-order chi connectivity index (χ1) is 13.1. The molecule has 0 unspecified atom stereocenters. The number of thioether (sulfide) groups is 1. The second-order valence-electron chi connectivity index (χ2n) is 5.81. The van der Waals surface area contributed by atoms with Gasteiger partial charge >= 0.3 is 0 Å². The lowest BCUT2D eigenvalue weighted by molar-refractivity contribution is -0.122. The highest BCUT2D eigenvalue weighted by atomic mass is 35.5. The average molecular weight is 420 g/mol. The van der Waals surface area contributed by atoms with Gasteiger partial charge in [-0.05, 0) is 41.5 Å². The van der Waals surface area contributed by atoms with E-state index < -0.39 is 0 Å². The molecule has 1 fully saturated rings. The molecule has 4 nitrogen and oxygen atoms in total. The fourth-order valence-corrected chi connectivity index (χ4v) is 3.87. The monoisotopic (exact) mass is 419 g/mol. The topological polar surface area (TPSA) is 38.8 Å². The molecule has 0 saturated carbocycles. The van der Waals surface area contributed by atoms with E-state index in [9.17, 15) is 4.79 Å². The summed E-state index contributed by atoms with van der Waals surface area (Å²) in [5.41, 5.74) is 1.96. The van der Waals surface area contributed by atoms with Crippen molar-refractivity contribution in [2.75, 3.05) is 20.3 Å². The molecule has 1 aliphatic rings. The van der Waals surface area contributed by atoms with E-state index in [1.807, 2.05) is 54.6 Å². The smallest absolute Gasteiger partial charge is 0.266 e. The fraction of sp³-hybridized carbons (Fsp3) is 0.200. The van der Waals surface area contributed by atoms with Crippen LogP contribution in [0.25, 0.3) is 6.08 Å². The first kappa shape index (κ1) is 19.9. The Hall–Kier alpha value is -1.86. The number of benzene rings is 2. The molecule has 0 bridgehead atoms. The number of thiocarbonyl (C=S) groups is 1. The summed E-state index contributed by atoms with van der Waals surface area (Å²) in [5, 5.41) is 0.704. The Morgan fingerprint density at radius 1 is 1.15 bits per heavy atom. The maximum Gasteiger partial charge on any atom is 0.266 e. The van der Waals surface area contributed by atoms with Crippen LogP contribution < -0.4 is 4.74 Å². The van der Waals surface area contributed by atoms with Crippen molar-refractivity contribution in [2.24, 2.45) is 0 Å². The lowest BCUT2D eigenvalue weighted by Gasteiger charge is -2.12. The Balaban J connectivity index is 1.61. The van der Waals surface area contributed by atoms with Crippen LogP contribution in [0.15, 0.2) is 53.4 Å². The molecule has 1 saturated heterocycles. The molecule has 0 N–H and O–H groups in total. The molecule has 2 aromatic carbocycles. The lowest BCUT2D eigenvalue weighted by Crippen LogP contribution is -2.31. The van der Waals surface area contributed by atoms with Crippen molar-refractivity contribution in [3.05, 3.63) is 69.6 Å². The number of amides is 1. The number of rotatable bonds is 7. The zero-order chi connectivity index (χ0) is 19.2. The molecular formula is C20H18ClNO3S2. The van der Waals surface area contributed by atoms with Crippen LogP contribution in [0, 0.1) is 0 Å². The minimum absolute atomic E-state index is 0.0786. The molecule has 0 aromatic heterocycles. The second-order valence-corrected chi connectivity index (χ2v) is 7.92. The quantitative estimate of drug-likeness (QED) is 0.477. The molecule has 0 aliphatic carbocycles. The third-order valence-electron chi connectivity index (χ3n) is 3.89. The van der Waals surface area contributed by atoms with Gasteiger partial charge in [-0.15, -0.1) is 0 Å². The Morgan fingerprint density at radius 2 is 1.85 bits per heavy atom. The first-order valence-corrected chi connectivity index (χ1v) is 9.88. The summed E-state index contributed by atoms with van der Waals surface area (Å²) < 4.78 is 11.4. The molecule has 27 heavy (non-hydrogen) atoms. The molecule has 0 radical (unpaired) electrons. The summed E-state index contributed by atoms with van der Waals surface area (Å²) in [6, 6.07) is 15.1. The molecule has 7 heteroatoms. The third kappa shape index (κ3) is 5.32. The zero-order valence-electron chi connectivity index (χ0n) is 14.7. The number of hydrogen-bond acceptors (Lipinski definition) is 5. The minimum atomic E-state index is -0.0786. The summed E-state index contributed by atoms with van der Waals surface area (Å²) >= 11 is 12.5. The van der Waals surface area contributed by atoms with E-state index in [1.54, 1.807) is 12.0 Å². The summed E-state index contributed by atoms with van der Waals surface area (Å²) in [6.45, 7) is 1.39. The second kappa shape index (κ2) is 9.37. The van der Waals surface area contributed by atoms with Gasteiger partial charge in [0.05, 0.1) is 18.1 Å². The number of nitrogens with zero attached hydrogens (tertiary/aromatic N) is 1. The molecule has 140 valence electrons. The SMILES string of the molecule is COCCN1C(=O)/C(=C\c2ccc(OCc3ccc(Cl)cc3)cc2)SC1=S. The van der Waals surface area contributed by atoms with E-state index in [0.29, 0.717) is 34.0 Å². The van der Waals surface area contributed by atoms with Crippen molar-refractivity contribution < 1.29 is 14.3 Å². The van der Waals surface area contributed by atoms with Crippen molar-refractivity contribution >= 4 is 51.9 Å². The standard InChI is InChI=1S/C20H18ClNO3S2/c1-24-11-10-22-19(23)18(27-20(22)26)12-14-4-8-17(9-5-14)25-13-15-2-6-16(21)7-3-15/h2-9,12H,10-11,13H2,1H3/b18-12+. The summed E-state index contributed by atoms with van der Waals surface area (Å²) in [7, 11) is 1.60. The molecule has 1 heterocycles. The van der Waals surface area contributed by atoms with Gasteiger partial charge in [0, 0.05) is 12.1 Å². The van der Waals surface area contributed by atoms with Crippen LogP contribution >= 0.6 is 35.6 Å². The van der Waals surface area contributed by atoms with Crippen LogP contribution in [0.3, 0.4) is 0 Å². The number of carbonyl (C=O) groups is 1. The lowest BCUT2D eigenvalue weighted by atomic mass is 10.2. The van der Waals surface area contributed by atoms with Crippen molar-refractivity contribution in [2.45, 2.75) is 6.61 Å². The van der Waals surface area contributed by atoms with Crippen LogP contribution in [0.1, 0.15) is 11.1 Å². The van der Waals surface area contributed by atoms with Gasteiger partial charge in [-0.2, -0.15) is 0 Å². The number of carbonyl (C=O) groups excluding carboxylic acids is 1. The van der Waals surface area contributed by atoms with E-state index in [4.69, 9.17) is 33.3 Å². The molecule has 1 amide bonds. The number of halogens is 1. The average Bonchev–Trinajstić information content (AvgIpc) is 2.94. The van der Waals surface area contributed by atoms with Crippen LogP contribution in [0.4, 0.5) is 0 Å². The van der Waals surface area contributed by atoms with Gasteiger partial charge in [-0.3, -0.25) is 9.69 Å². The van der Waals surface area contributed by atoms with E-state index in [1.165, 1.54) is 11.8 Å². The normalized spacial score (nSPS) is 15.6. The summed E-state index contributed by atoms with van der Waals surface area (Å²) in [6.07, 6.45) is 1.84. The van der Waals surface area contributed by atoms with Gasteiger partial charge in [0.2, 0.25) is 0 Å². The zero-order valence-corrected chi connectivity index (χ0v) is 17.1. The van der Waals surface area contributed by atoms with Gasteiger partial charge < -0.3 is 9.47 Å². The Kier molecular flexibility index (Phi) is 6.90. The maximum absolute atomic E-state index is 12.4. The van der Waals surface area contributed by atoms with Gasteiger partial charge in [-0.25, -0.2) is 0 Å². The molecular weight excluding hydrogens is 402 g/mol. The maximum atomic E-state index is 12.4. The molecule has 2 aromatic rings. The third-order valence-corrected chi connectivity index (χ3v) is 5.52. The molecule has 0 atom stereocenters. The highest BCUT2D eigenvalue weighted by Gasteiger charge is 2.31. The van der Waals surface area contributed by atoms with Crippen LogP contribution in [0.2, 0.25) is 5.02 Å². The number of methoxy groups -OCH3 is 1. The number of hydrogen-bond donors (Lipinski definition) is 0. The number of ether oxygens (including phenoxy) is 2. The Morgan fingerprint density at radius 3 is 2.52 bits per heavy atom. The Bertz CT molecular complexity index is 851. The summed E-state index contributed by atoms with van der Waals surface area (Å²) in [5.74, 6) is 0.680. The predicted molar refractivity (Wildman–Crippen MR) is 114 cm³/mol. The predicted octanol–water partition coefficient (Wildman–Crippen LogP) is 4.77. The van der Waals surface area contributed by atoms with Gasteiger partial charge in [0.15, 0.2) is 0 Å². The molecule has 3 rings (SSSR count). The van der Waals surface area contributed by atoms with E-state index in [2.05, 4.69) is 0 Å². The minimum Gasteiger partial charge on any atom is -0.489 e. The highest BCUT2D eigenvalue weighted by Crippen LogP contribution is 2.32. The van der Waals surface area contributed by atoms with Crippen molar-refractivity contribution in [1.82, 2.24) is 4.90 Å². The first-order valence-electron chi connectivity index (χ1n) is 8.28. The van der Waals surface area contributed by atoms with Gasteiger partial charge in [0.1, 0.15) is 16.7 Å². The molecule has 1 aliphatic heterocycles. The molecule has 0 spiro atoms. The van der Waals surface area contributed by atoms with Gasteiger partial charge in [-0.1, -0.05) is 59.8 Å². The Labute approximate surface area is 173 Å². The van der Waals surface area contributed by atoms with E-state index in [0.717, 1.165) is 16.9 Å². The van der Waals surface area contributed by atoms with Gasteiger partial charge in [0.25, 0.3) is 5.91 Å². The van der Waals surface area contributed by atoms with E-state index >= 15 is 0 Å². The van der Waals surface area contributed by atoms with Crippen molar-refractivity contribution in [1.29, 1.82) is 0 Å². The van der Waals surface area contributed by atoms with Crippen molar-refractivity contribution in [3.8, 4) is 5.75 Å². The summed E-state index contributed by atoms with van der Waals surface area (Å²) in [4.78, 5) is 14.6. The van der Waals surface area contributed by atoms with Crippen molar-refractivity contribution in [3.63, 3.8) is 0 Å².